The summed E-state index contributed by atoms with van der Waals surface area (Å²) in [6.45, 7) is 1.91. The maximum Gasteiger partial charge on any atom is 0.220 e. The number of nitrogens with one attached hydrogen (secondary N) is 1. The Morgan fingerprint density at radius 2 is 2.00 bits per heavy atom. The summed E-state index contributed by atoms with van der Waals surface area (Å²) >= 11 is 0. The first-order chi connectivity index (χ1) is 8.24. The standard InChI is InChI=1S/C13H12N4/c1-8-6-12(17-13(14)16-8)10-7-15-11-5-3-2-4-9(10)11/h2-7,15H,1H3,(H2,14,16,17). The lowest BCUT2D eigenvalue weighted by Gasteiger charge is -2.01. The molecule has 0 saturated carbocycles. The van der Waals surface area contributed by atoms with Crippen LogP contribution in [0.5, 0.6) is 0 Å². The van der Waals surface area contributed by atoms with Crippen LogP contribution in [0.3, 0.4) is 0 Å². The molecule has 0 atom stereocenters. The van der Waals surface area contributed by atoms with E-state index in [2.05, 4.69) is 21.0 Å². The van der Waals surface area contributed by atoms with E-state index in [4.69, 9.17) is 5.73 Å². The fourth-order valence-electron chi connectivity index (χ4n) is 2.01. The molecule has 2 aromatic heterocycles. The minimum absolute atomic E-state index is 0.310. The van der Waals surface area contributed by atoms with Gasteiger partial charge in [-0.2, -0.15) is 0 Å². The molecule has 0 aliphatic heterocycles. The van der Waals surface area contributed by atoms with Crippen molar-refractivity contribution in [3.63, 3.8) is 0 Å². The first kappa shape index (κ1) is 9.84. The molecule has 0 fully saturated rings. The number of anilines is 1. The Morgan fingerprint density at radius 3 is 2.82 bits per heavy atom. The maximum absolute atomic E-state index is 5.68. The number of aryl methyl sites for hydroxylation is 1. The number of fused-ring (bicyclic) bond motifs is 1. The number of nitrogens with two attached hydrogens (primary N) is 1. The number of aromatic nitrogens is 3. The normalized spacial score (nSPS) is 10.9. The number of nitrogen functional groups attached to an aromatic ring is 1. The number of nitrogens with zero attached hydrogens (tertiary/aromatic N) is 2. The summed E-state index contributed by atoms with van der Waals surface area (Å²) in [5, 5.41) is 1.14. The predicted octanol–water partition coefficient (Wildman–Crippen LogP) is 2.52. The molecule has 0 saturated heterocycles. The molecule has 4 nitrogen and oxygen atoms in total. The van der Waals surface area contributed by atoms with E-state index in [9.17, 15) is 0 Å². The van der Waals surface area contributed by atoms with Gasteiger partial charge in [-0.1, -0.05) is 18.2 Å². The lowest BCUT2D eigenvalue weighted by molar-refractivity contribution is 1.12. The summed E-state index contributed by atoms with van der Waals surface area (Å²) in [5.74, 6) is 0.310. The van der Waals surface area contributed by atoms with Crippen molar-refractivity contribution in [3.05, 3.63) is 42.2 Å². The first-order valence-corrected chi connectivity index (χ1v) is 5.42. The average molecular weight is 224 g/mol. The highest BCUT2D eigenvalue weighted by atomic mass is 15.0. The molecule has 0 radical (unpaired) electrons. The van der Waals surface area contributed by atoms with Gasteiger partial charge in [-0.05, 0) is 19.1 Å². The third-order valence-corrected chi connectivity index (χ3v) is 2.74. The van der Waals surface area contributed by atoms with Crippen molar-refractivity contribution in [1.29, 1.82) is 0 Å². The van der Waals surface area contributed by atoms with Gasteiger partial charge in [0.05, 0.1) is 5.69 Å². The van der Waals surface area contributed by atoms with Gasteiger partial charge >= 0.3 is 0 Å². The van der Waals surface area contributed by atoms with Gasteiger partial charge in [0.1, 0.15) is 0 Å². The smallest absolute Gasteiger partial charge is 0.220 e. The second-order valence-corrected chi connectivity index (χ2v) is 4.00. The Balaban J connectivity index is 2.27. The largest absolute Gasteiger partial charge is 0.368 e. The molecule has 84 valence electrons. The van der Waals surface area contributed by atoms with Crippen LogP contribution >= 0.6 is 0 Å². The number of H-pyrrole nitrogens is 1. The Kier molecular flexibility index (Phi) is 2.08. The zero-order valence-electron chi connectivity index (χ0n) is 9.44. The molecule has 0 bridgehead atoms. The molecule has 3 aromatic rings. The summed E-state index contributed by atoms with van der Waals surface area (Å²) in [4.78, 5) is 11.6. The number of rotatable bonds is 1. The molecule has 2 heterocycles. The van der Waals surface area contributed by atoms with Gasteiger partial charge < -0.3 is 10.7 Å². The number of aromatic amines is 1. The second-order valence-electron chi connectivity index (χ2n) is 4.00. The topological polar surface area (TPSA) is 67.6 Å². The highest BCUT2D eigenvalue weighted by Crippen LogP contribution is 2.27. The third-order valence-electron chi connectivity index (χ3n) is 2.74. The Bertz CT molecular complexity index is 664. The van der Waals surface area contributed by atoms with Crippen molar-refractivity contribution in [1.82, 2.24) is 15.0 Å². The monoisotopic (exact) mass is 224 g/mol. The van der Waals surface area contributed by atoms with Gasteiger partial charge in [-0.25, -0.2) is 9.97 Å². The summed E-state index contributed by atoms with van der Waals surface area (Å²) in [6, 6.07) is 10.1. The minimum atomic E-state index is 0.310. The molecule has 17 heavy (non-hydrogen) atoms. The van der Waals surface area contributed by atoms with Gasteiger partial charge in [-0.15, -0.1) is 0 Å². The summed E-state index contributed by atoms with van der Waals surface area (Å²) < 4.78 is 0. The van der Waals surface area contributed by atoms with E-state index in [-0.39, 0.29) is 0 Å². The van der Waals surface area contributed by atoms with Crippen molar-refractivity contribution in [3.8, 4) is 11.3 Å². The van der Waals surface area contributed by atoms with Crippen molar-refractivity contribution in [2.75, 3.05) is 5.73 Å². The average Bonchev–Trinajstić information content (AvgIpc) is 2.71. The summed E-state index contributed by atoms with van der Waals surface area (Å²) in [6.07, 6.45) is 1.95. The zero-order valence-corrected chi connectivity index (χ0v) is 9.44. The van der Waals surface area contributed by atoms with E-state index in [0.29, 0.717) is 5.95 Å². The van der Waals surface area contributed by atoms with Gasteiger partial charge in [0.2, 0.25) is 5.95 Å². The molecular formula is C13H12N4. The molecule has 0 spiro atoms. The SMILES string of the molecule is Cc1cc(-c2c[nH]c3ccccc23)nc(N)n1. The molecule has 4 heteroatoms. The highest BCUT2D eigenvalue weighted by Gasteiger charge is 2.08. The van der Waals surface area contributed by atoms with Gasteiger partial charge in [-0.3, -0.25) is 0 Å². The Hall–Kier alpha value is -2.36. The Labute approximate surface area is 98.5 Å². The maximum atomic E-state index is 5.68. The van der Waals surface area contributed by atoms with Crippen molar-refractivity contribution >= 4 is 16.9 Å². The fraction of sp³-hybridized carbons (Fsp3) is 0.0769. The van der Waals surface area contributed by atoms with E-state index in [1.165, 1.54) is 0 Å². The number of para-hydroxylation sites is 1. The van der Waals surface area contributed by atoms with E-state index >= 15 is 0 Å². The van der Waals surface area contributed by atoms with Crippen LogP contribution in [0.1, 0.15) is 5.69 Å². The number of benzene rings is 1. The number of hydrogen-bond acceptors (Lipinski definition) is 3. The molecule has 3 N–H and O–H groups in total. The first-order valence-electron chi connectivity index (χ1n) is 5.42. The van der Waals surface area contributed by atoms with Crippen molar-refractivity contribution < 1.29 is 0 Å². The van der Waals surface area contributed by atoms with Crippen LogP contribution in [0.4, 0.5) is 5.95 Å². The molecular weight excluding hydrogens is 212 g/mol. The van der Waals surface area contributed by atoms with Gasteiger partial charge in [0.15, 0.2) is 0 Å². The number of hydrogen-bond donors (Lipinski definition) is 2. The molecule has 0 unspecified atom stereocenters. The fourth-order valence-corrected chi connectivity index (χ4v) is 2.01. The zero-order chi connectivity index (χ0) is 11.8. The highest BCUT2D eigenvalue weighted by molar-refractivity contribution is 5.94. The van der Waals surface area contributed by atoms with E-state index in [0.717, 1.165) is 27.9 Å². The third kappa shape index (κ3) is 1.63. The predicted molar refractivity (Wildman–Crippen MR) is 68.5 cm³/mol. The molecule has 0 aliphatic carbocycles. The van der Waals surface area contributed by atoms with E-state index < -0.39 is 0 Å². The minimum Gasteiger partial charge on any atom is -0.368 e. The Morgan fingerprint density at radius 1 is 1.18 bits per heavy atom. The molecule has 1 aromatic carbocycles. The summed E-state index contributed by atoms with van der Waals surface area (Å²) in [7, 11) is 0. The van der Waals surface area contributed by atoms with E-state index in [1.54, 1.807) is 0 Å². The van der Waals surface area contributed by atoms with Crippen molar-refractivity contribution in [2.24, 2.45) is 0 Å². The van der Waals surface area contributed by atoms with Crippen LogP contribution in [0, 0.1) is 6.92 Å². The van der Waals surface area contributed by atoms with Gasteiger partial charge in [0.25, 0.3) is 0 Å². The quantitative estimate of drug-likeness (QED) is 0.667. The van der Waals surface area contributed by atoms with Crippen LogP contribution in [-0.4, -0.2) is 15.0 Å². The lowest BCUT2D eigenvalue weighted by Crippen LogP contribution is -1.97. The van der Waals surface area contributed by atoms with Gasteiger partial charge in [0, 0.05) is 28.4 Å². The lowest BCUT2D eigenvalue weighted by atomic mass is 10.1. The van der Waals surface area contributed by atoms with Crippen LogP contribution in [0.25, 0.3) is 22.2 Å². The second kappa shape index (κ2) is 3.59. The van der Waals surface area contributed by atoms with Crippen molar-refractivity contribution in [2.45, 2.75) is 6.92 Å². The van der Waals surface area contributed by atoms with Crippen LogP contribution < -0.4 is 5.73 Å². The van der Waals surface area contributed by atoms with Crippen LogP contribution in [0.15, 0.2) is 36.5 Å². The van der Waals surface area contributed by atoms with Crippen LogP contribution in [0.2, 0.25) is 0 Å². The van der Waals surface area contributed by atoms with Crippen LogP contribution in [-0.2, 0) is 0 Å². The van der Waals surface area contributed by atoms with E-state index in [1.807, 2.05) is 37.4 Å². The molecule has 3 rings (SSSR count). The summed E-state index contributed by atoms with van der Waals surface area (Å²) in [5.41, 5.74) is 9.55. The molecule has 0 aliphatic rings. The molecule has 0 amide bonds.